The molecule has 1 aromatic heterocycles. The number of anilines is 1. The minimum absolute atomic E-state index is 0.753. The van der Waals surface area contributed by atoms with E-state index in [1.165, 1.54) is 0 Å². The van der Waals surface area contributed by atoms with Crippen molar-refractivity contribution in [3.8, 4) is 11.5 Å². The summed E-state index contributed by atoms with van der Waals surface area (Å²) >= 11 is 0. The lowest BCUT2D eigenvalue weighted by molar-refractivity contribution is 0.476. The van der Waals surface area contributed by atoms with Crippen molar-refractivity contribution >= 4 is 5.69 Å². The molecule has 0 aliphatic carbocycles. The van der Waals surface area contributed by atoms with Crippen molar-refractivity contribution < 1.29 is 4.74 Å². The van der Waals surface area contributed by atoms with Crippen LogP contribution >= 0.6 is 0 Å². The first kappa shape index (κ1) is 10.5. The number of ether oxygens (including phenoxy) is 1. The van der Waals surface area contributed by atoms with Crippen molar-refractivity contribution in [1.82, 2.24) is 4.98 Å². The molecular formula is C13H14N2O. The van der Waals surface area contributed by atoms with Crippen LogP contribution in [0.1, 0.15) is 5.56 Å². The van der Waals surface area contributed by atoms with Gasteiger partial charge in [0.05, 0.1) is 6.20 Å². The second-order valence-corrected chi connectivity index (χ2v) is 3.52. The van der Waals surface area contributed by atoms with Crippen LogP contribution < -0.4 is 10.1 Å². The maximum atomic E-state index is 5.72. The van der Waals surface area contributed by atoms with Gasteiger partial charge < -0.3 is 10.1 Å². The molecule has 0 unspecified atom stereocenters. The normalized spacial score (nSPS) is 9.88. The number of rotatable bonds is 3. The van der Waals surface area contributed by atoms with Gasteiger partial charge in [0.2, 0.25) is 0 Å². The number of nitrogens with zero attached hydrogens (tertiary/aromatic N) is 1. The standard InChI is InChI=1S/C13H14N2O/c1-10-8-11(14-2)5-6-13(10)16-12-4-3-7-15-9-12/h3-9,14H,1-2H3. The van der Waals surface area contributed by atoms with E-state index in [0.717, 1.165) is 22.7 Å². The molecule has 0 amide bonds. The van der Waals surface area contributed by atoms with Crippen LogP contribution in [-0.2, 0) is 0 Å². The van der Waals surface area contributed by atoms with Crippen molar-refractivity contribution in [2.24, 2.45) is 0 Å². The molecule has 0 spiro atoms. The molecular weight excluding hydrogens is 200 g/mol. The number of hydrogen-bond donors (Lipinski definition) is 1. The van der Waals surface area contributed by atoms with Gasteiger partial charge in [-0.1, -0.05) is 0 Å². The van der Waals surface area contributed by atoms with E-state index in [0.29, 0.717) is 0 Å². The van der Waals surface area contributed by atoms with Gasteiger partial charge in [-0.3, -0.25) is 4.98 Å². The number of pyridine rings is 1. The Bertz CT molecular complexity index is 469. The van der Waals surface area contributed by atoms with Gasteiger partial charge in [-0.25, -0.2) is 0 Å². The molecule has 2 aromatic rings. The monoisotopic (exact) mass is 214 g/mol. The van der Waals surface area contributed by atoms with Gasteiger partial charge in [0.25, 0.3) is 0 Å². The third kappa shape index (κ3) is 2.31. The summed E-state index contributed by atoms with van der Waals surface area (Å²) in [5.74, 6) is 1.61. The van der Waals surface area contributed by atoms with Crippen LogP contribution in [0.3, 0.4) is 0 Å². The second-order valence-electron chi connectivity index (χ2n) is 3.52. The summed E-state index contributed by atoms with van der Waals surface area (Å²) in [5.41, 5.74) is 2.17. The first-order valence-corrected chi connectivity index (χ1v) is 5.16. The Kier molecular flexibility index (Phi) is 3.05. The molecule has 1 N–H and O–H groups in total. The molecule has 0 fully saturated rings. The van der Waals surface area contributed by atoms with Crippen LogP contribution in [-0.4, -0.2) is 12.0 Å². The zero-order chi connectivity index (χ0) is 11.4. The summed E-state index contributed by atoms with van der Waals surface area (Å²) in [6, 6.07) is 9.73. The van der Waals surface area contributed by atoms with Crippen molar-refractivity contribution in [2.75, 3.05) is 12.4 Å². The topological polar surface area (TPSA) is 34.1 Å². The number of aromatic nitrogens is 1. The summed E-state index contributed by atoms with van der Waals surface area (Å²) in [7, 11) is 1.90. The molecule has 1 heterocycles. The molecule has 0 saturated heterocycles. The van der Waals surface area contributed by atoms with E-state index in [1.807, 2.05) is 44.3 Å². The van der Waals surface area contributed by atoms with Gasteiger partial charge in [0, 0.05) is 18.9 Å². The molecule has 0 atom stereocenters. The SMILES string of the molecule is CNc1ccc(Oc2cccnc2)c(C)c1. The first-order valence-electron chi connectivity index (χ1n) is 5.16. The molecule has 16 heavy (non-hydrogen) atoms. The van der Waals surface area contributed by atoms with E-state index in [4.69, 9.17) is 4.74 Å². The summed E-state index contributed by atoms with van der Waals surface area (Å²) in [5, 5.41) is 3.09. The fraction of sp³-hybridized carbons (Fsp3) is 0.154. The van der Waals surface area contributed by atoms with E-state index >= 15 is 0 Å². The van der Waals surface area contributed by atoms with Gasteiger partial charge >= 0.3 is 0 Å². The predicted molar refractivity (Wildman–Crippen MR) is 65.0 cm³/mol. The summed E-state index contributed by atoms with van der Waals surface area (Å²) in [6.45, 7) is 2.02. The van der Waals surface area contributed by atoms with Crippen LogP contribution in [0.25, 0.3) is 0 Å². The van der Waals surface area contributed by atoms with Gasteiger partial charge in [0.1, 0.15) is 11.5 Å². The molecule has 3 heteroatoms. The Morgan fingerprint density at radius 2 is 2.12 bits per heavy atom. The van der Waals surface area contributed by atoms with E-state index in [-0.39, 0.29) is 0 Å². The fourth-order valence-corrected chi connectivity index (χ4v) is 1.45. The van der Waals surface area contributed by atoms with Crippen molar-refractivity contribution in [3.05, 3.63) is 48.3 Å². The lowest BCUT2D eigenvalue weighted by Gasteiger charge is -2.09. The smallest absolute Gasteiger partial charge is 0.145 e. The quantitative estimate of drug-likeness (QED) is 0.851. The highest BCUT2D eigenvalue weighted by molar-refractivity contribution is 5.51. The van der Waals surface area contributed by atoms with Crippen LogP contribution in [0.15, 0.2) is 42.7 Å². The molecule has 0 radical (unpaired) electrons. The number of hydrogen-bond acceptors (Lipinski definition) is 3. The molecule has 3 nitrogen and oxygen atoms in total. The van der Waals surface area contributed by atoms with Crippen molar-refractivity contribution in [3.63, 3.8) is 0 Å². The number of nitrogens with one attached hydrogen (secondary N) is 1. The predicted octanol–water partition coefficient (Wildman–Crippen LogP) is 3.22. The van der Waals surface area contributed by atoms with E-state index < -0.39 is 0 Å². The van der Waals surface area contributed by atoms with Gasteiger partial charge in [-0.05, 0) is 42.8 Å². The molecule has 82 valence electrons. The van der Waals surface area contributed by atoms with Crippen molar-refractivity contribution in [2.45, 2.75) is 6.92 Å². The van der Waals surface area contributed by atoms with Crippen LogP contribution in [0, 0.1) is 6.92 Å². The molecule has 0 bridgehead atoms. The Hall–Kier alpha value is -2.03. The third-order valence-corrected chi connectivity index (χ3v) is 2.33. The van der Waals surface area contributed by atoms with Crippen LogP contribution in [0.5, 0.6) is 11.5 Å². The lowest BCUT2D eigenvalue weighted by Crippen LogP contribution is -1.91. The van der Waals surface area contributed by atoms with Gasteiger partial charge in [-0.2, -0.15) is 0 Å². The maximum Gasteiger partial charge on any atom is 0.145 e. The number of aryl methyl sites for hydroxylation is 1. The van der Waals surface area contributed by atoms with E-state index in [2.05, 4.69) is 10.3 Å². The van der Waals surface area contributed by atoms with E-state index in [1.54, 1.807) is 12.4 Å². The van der Waals surface area contributed by atoms with Crippen molar-refractivity contribution in [1.29, 1.82) is 0 Å². The molecule has 2 rings (SSSR count). The highest BCUT2D eigenvalue weighted by Crippen LogP contribution is 2.26. The summed E-state index contributed by atoms with van der Waals surface area (Å²) < 4.78 is 5.72. The highest BCUT2D eigenvalue weighted by atomic mass is 16.5. The maximum absolute atomic E-state index is 5.72. The fourth-order valence-electron chi connectivity index (χ4n) is 1.45. The first-order chi connectivity index (χ1) is 7.79. The van der Waals surface area contributed by atoms with E-state index in [9.17, 15) is 0 Å². The highest BCUT2D eigenvalue weighted by Gasteiger charge is 2.01. The zero-order valence-corrected chi connectivity index (χ0v) is 9.40. The Balaban J connectivity index is 2.22. The molecule has 0 aliphatic rings. The lowest BCUT2D eigenvalue weighted by atomic mass is 10.2. The summed E-state index contributed by atoms with van der Waals surface area (Å²) in [4.78, 5) is 4.01. The molecule has 0 saturated carbocycles. The Morgan fingerprint density at radius 1 is 1.25 bits per heavy atom. The minimum atomic E-state index is 0.753. The largest absolute Gasteiger partial charge is 0.455 e. The van der Waals surface area contributed by atoms with Gasteiger partial charge in [-0.15, -0.1) is 0 Å². The average molecular weight is 214 g/mol. The Morgan fingerprint density at radius 3 is 2.75 bits per heavy atom. The van der Waals surface area contributed by atoms with Gasteiger partial charge in [0.15, 0.2) is 0 Å². The average Bonchev–Trinajstić information content (AvgIpc) is 2.33. The van der Waals surface area contributed by atoms with Crippen LogP contribution in [0.2, 0.25) is 0 Å². The number of benzene rings is 1. The molecule has 0 aliphatic heterocycles. The third-order valence-electron chi connectivity index (χ3n) is 2.33. The molecule has 1 aromatic carbocycles. The second kappa shape index (κ2) is 4.66. The minimum Gasteiger partial charge on any atom is -0.455 e. The zero-order valence-electron chi connectivity index (χ0n) is 9.40. The van der Waals surface area contributed by atoms with Crippen LogP contribution in [0.4, 0.5) is 5.69 Å². The Labute approximate surface area is 95.1 Å². The summed E-state index contributed by atoms with van der Waals surface area (Å²) in [6.07, 6.45) is 3.43.